The van der Waals surface area contributed by atoms with Crippen molar-refractivity contribution < 1.29 is 22.9 Å². The Morgan fingerprint density at radius 3 is 2.08 bits per heavy atom. The van der Waals surface area contributed by atoms with E-state index in [9.17, 15) is 28.1 Å². The van der Waals surface area contributed by atoms with Crippen molar-refractivity contribution in [3.63, 3.8) is 0 Å². The Labute approximate surface area is 207 Å². The van der Waals surface area contributed by atoms with Crippen molar-refractivity contribution >= 4 is 38.3 Å². The van der Waals surface area contributed by atoms with Gasteiger partial charge in [-0.1, -0.05) is 30.3 Å². The normalized spacial score (nSPS) is 17.1. The molecule has 0 unspecified atom stereocenters. The minimum Gasteiger partial charge on any atom is -0.299 e. The molecule has 0 atom stereocenters. The van der Waals surface area contributed by atoms with Crippen molar-refractivity contribution in [1.82, 2.24) is 14.1 Å². The fourth-order valence-corrected chi connectivity index (χ4v) is 6.26. The van der Waals surface area contributed by atoms with Gasteiger partial charge in [-0.2, -0.15) is 4.31 Å². The van der Waals surface area contributed by atoms with Crippen molar-refractivity contribution in [3.8, 4) is 0 Å². The maximum Gasteiger partial charge on any atom is 0.273 e. The van der Waals surface area contributed by atoms with Crippen LogP contribution in [0.3, 0.4) is 0 Å². The smallest absolute Gasteiger partial charge is 0.273 e. The molecule has 2 aliphatic rings. The highest BCUT2D eigenvalue weighted by Gasteiger charge is 2.34. The molecule has 3 aromatic carbocycles. The summed E-state index contributed by atoms with van der Waals surface area (Å²) in [6, 6.07) is 14.7. The Bertz CT molecular complexity index is 1460. The zero-order valence-corrected chi connectivity index (χ0v) is 20.4. The van der Waals surface area contributed by atoms with Gasteiger partial charge in [0, 0.05) is 67.4 Å². The molecule has 0 radical (unpaired) electrons. The summed E-state index contributed by atoms with van der Waals surface area (Å²) in [5.41, 5.74) is 1.17. The molecule has 0 saturated carbocycles. The van der Waals surface area contributed by atoms with E-state index < -0.39 is 14.9 Å². The van der Waals surface area contributed by atoms with Crippen LogP contribution in [0.15, 0.2) is 59.5 Å². The largest absolute Gasteiger partial charge is 0.299 e. The number of hydrogen-bond donors (Lipinski definition) is 0. The van der Waals surface area contributed by atoms with Gasteiger partial charge in [-0.3, -0.25) is 29.5 Å². The summed E-state index contributed by atoms with van der Waals surface area (Å²) in [5.74, 6) is -0.655. The predicted molar refractivity (Wildman–Crippen MR) is 132 cm³/mol. The van der Waals surface area contributed by atoms with Gasteiger partial charge in [-0.25, -0.2) is 8.42 Å². The lowest BCUT2D eigenvalue weighted by Gasteiger charge is -2.35. The molecule has 2 aliphatic heterocycles. The fraction of sp³-hybridized carbons (Fsp3) is 0.280. The Balaban J connectivity index is 1.24. The maximum atomic E-state index is 13.1. The van der Waals surface area contributed by atoms with E-state index in [2.05, 4.69) is 0 Å². The van der Waals surface area contributed by atoms with E-state index in [1.54, 1.807) is 31.2 Å². The van der Waals surface area contributed by atoms with Gasteiger partial charge in [0.05, 0.1) is 9.82 Å². The number of nitro benzene ring substituents is 1. The van der Waals surface area contributed by atoms with Crippen LogP contribution in [-0.4, -0.2) is 78.5 Å². The van der Waals surface area contributed by atoms with Gasteiger partial charge in [-0.15, -0.1) is 0 Å². The highest BCUT2D eigenvalue weighted by molar-refractivity contribution is 7.89. The van der Waals surface area contributed by atoms with E-state index in [1.165, 1.54) is 21.3 Å². The van der Waals surface area contributed by atoms with Crippen molar-refractivity contribution in [3.05, 3.63) is 81.4 Å². The van der Waals surface area contributed by atoms with Crippen LogP contribution < -0.4 is 0 Å². The highest BCUT2D eigenvalue weighted by Crippen LogP contribution is 2.30. The molecule has 36 heavy (non-hydrogen) atoms. The number of carbonyl (C=O) groups is 2. The maximum absolute atomic E-state index is 13.1. The zero-order chi connectivity index (χ0) is 25.6. The van der Waals surface area contributed by atoms with Gasteiger partial charge in [0.15, 0.2) is 0 Å². The lowest BCUT2D eigenvalue weighted by atomic mass is 9.94. The molecular formula is C25H24N4O6S. The number of imide groups is 1. The predicted octanol–water partition coefficient (Wildman–Crippen LogP) is 2.66. The molecule has 2 heterocycles. The molecule has 3 aromatic rings. The zero-order valence-electron chi connectivity index (χ0n) is 19.6. The van der Waals surface area contributed by atoms with Crippen molar-refractivity contribution in [1.29, 1.82) is 0 Å². The van der Waals surface area contributed by atoms with Crippen molar-refractivity contribution in [2.45, 2.75) is 11.8 Å². The number of aryl methyl sites for hydroxylation is 1. The van der Waals surface area contributed by atoms with Gasteiger partial charge in [-0.05, 0) is 30.5 Å². The topological polar surface area (TPSA) is 121 Å². The third-order valence-electron chi connectivity index (χ3n) is 6.84. The first-order chi connectivity index (χ1) is 17.2. The molecule has 1 fully saturated rings. The molecule has 0 spiro atoms. The van der Waals surface area contributed by atoms with Crippen LogP contribution in [0.2, 0.25) is 0 Å². The number of benzene rings is 3. The molecule has 0 N–H and O–H groups in total. The van der Waals surface area contributed by atoms with E-state index in [4.69, 9.17) is 0 Å². The van der Waals surface area contributed by atoms with E-state index in [0.717, 1.165) is 11.5 Å². The fourth-order valence-electron chi connectivity index (χ4n) is 4.81. The second-order valence-corrected chi connectivity index (χ2v) is 10.9. The second-order valence-electron chi connectivity index (χ2n) is 8.92. The van der Waals surface area contributed by atoms with Gasteiger partial charge in [0.25, 0.3) is 17.5 Å². The lowest BCUT2D eigenvalue weighted by molar-refractivity contribution is -0.385. The molecule has 1 saturated heterocycles. The van der Waals surface area contributed by atoms with E-state index in [1.807, 2.05) is 17.0 Å². The summed E-state index contributed by atoms with van der Waals surface area (Å²) in [6.07, 6.45) is 0. The Kier molecular flexibility index (Phi) is 6.07. The molecule has 5 rings (SSSR count). The monoisotopic (exact) mass is 508 g/mol. The van der Waals surface area contributed by atoms with Crippen LogP contribution in [0.25, 0.3) is 10.8 Å². The first-order valence-electron chi connectivity index (χ1n) is 11.5. The molecule has 10 nitrogen and oxygen atoms in total. The summed E-state index contributed by atoms with van der Waals surface area (Å²) < 4.78 is 27.4. The second kappa shape index (κ2) is 9.08. The van der Waals surface area contributed by atoms with Gasteiger partial charge >= 0.3 is 0 Å². The number of amides is 2. The molecule has 0 aromatic heterocycles. The first-order valence-corrected chi connectivity index (χ1v) is 13.0. The van der Waals surface area contributed by atoms with E-state index in [-0.39, 0.29) is 42.0 Å². The molecule has 11 heteroatoms. The lowest BCUT2D eigenvalue weighted by Crippen LogP contribution is -2.51. The molecule has 0 bridgehead atoms. The van der Waals surface area contributed by atoms with Crippen LogP contribution in [0.5, 0.6) is 0 Å². The number of sulfonamides is 1. The highest BCUT2D eigenvalue weighted by atomic mass is 32.2. The molecule has 2 amide bonds. The standard InChI is InChI=1S/C25H24N4O6S/c1-17-8-9-19(16-22(17)29(32)33)36(34,35)27-13-10-26(11-14-27)12-15-28-24(30)20-6-2-4-18-5-3-7-21(23(18)20)25(28)31/h2-9,16H,10-15H2,1H3. The number of rotatable bonds is 6. The Morgan fingerprint density at radius 2 is 1.50 bits per heavy atom. The summed E-state index contributed by atoms with van der Waals surface area (Å²) in [6.45, 7) is 3.40. The van der Waals surface area contributed by atoms with Crippen molar-refractivity contribution in [2.24, 2.45) is 0 Å². The Morgan fingerprint density at radius 1 is 0.889 bits per heavy atom. The minimum atomic E-state index is -3.88. The number of piperazine rings is 1. The molecular weight excluding hydrogens is 484 g/mol. The van der Waals surface area contributed by atoms with Crippen LogP contribution in [-0.2, 0) is 10.0 Å². The minimum absolute atomic E-state index is 0.106. The first kappa shape index (κ1) is 24.0. The van der Waals surface area contributed by atoms with Crippen LogP contribution >= 0.6 is 0 Å². The average molecular weight is 509 g/mol. The average Bonchev–Trinajstić information content (AvgIpc) is 2.87. The van der Waals surface area contributed by atoms with Crippen LogP contribution in [0.1, 0.15) is 26.3 Å². The SMILES string of the molecule is Cc1ccc(S(=O)(=O)N2CCN(CCN3C(=O)c4cccc5cccc(c45)C3=O)CC2)cc1[N+](=O)[O-]. The van der Waals surface area contributed by atoms with Gasteiger partial charge < -0.3 is 0 Å². The van der Waals surface area contributed by atoms with Gasteiger partial charge in [0.1, 0.15) is 0 Å². The number of hydrogen-bond acceptors (Lipinski definition) is 7. The third kappa shape index (κ3) is 4.04. The summed E-state index contributed by atoms with van der Waals surface area (Å²) >= 11 is 0. The van der Waals surface area contributed by atoms with E-state index >= 15 is 0 Å². The van der Waals surface area contributed by atoms with Crippen LogP contribution in [0.4, 0.5) is 5.69 Å². The molecule has 0 aliphatic carbocycles. The number of nitro groups is 1. The third-order valence-corrected chi connectivity index (χ3v) is 8.74. The molecule has 186 valence electrons. The summed E-state index contributed by atoms with van der Waals surface area (Å²) in [5, 5.41) is 12.8. The number of nitrogens with zero attached hydrogens (tertiary/aromatic N) is 4. The Hall–Kier alpha value is -3.67. The van der Waals surface area contributed by atoms with Crippen molar-refractivity contribution in [2.75, 3.05) is 39.3 Å². The quantitative estimate of drug-likeness (QED) is 0.285. The van der Waals surface area contributed by atoms with E-state index in [0.29, 0.717) is 41.7 Å². The van der Waals surface area contributed by atoms with Crippen LogP contribution in [0, 0.1) is 17.0 Å². The van der Waals surface area contributed by atoms with Gasteiger partial charge in [0.2, 0.25) is 10.0 Å². The summed E-state index contributed by atoms with van der Waals surface area (Å²) in [7, 11) is -3.88. The summed E-state index contributed by atoms with van der Waals surface area (Å²) in [4.78, 5) is 39.9. The number of carbonyl (C=O) groups excluding carboxylic acids is 2.